The Labute approximate surface area is 164 Å². The van der Waals surface area contributed by atoms with Gasteiger partial charge in [-0.05, 0) is 31.2 Å². The molecule has 7 heteroatoms. The first-order valence-electron chi connectivity index (χ1n) is 8.75. The van der Waals surface area contributed by atoms with Gasteiger partial charge >= 0.3 is 5.97 Å². The predicted molar refractivity (Wildman–Crippen MR) is 112 cm³/mol. The summed E-state index contributed by atoms with van der Waals surface area (Å²) in [5.74, 6) is -1.21. The Balaban J connectivity index is 1.75. The second kappa shape index (κ2) is 7.28. The summed E-state index contributed by atoms with van der Waals surface area (Å²) < 4.78 is 1.78. The van der Waals surface area contributed by atoms with Crippen LogP contribution in [0.15, 0.2) is 64.9 Å². The molecule has 0 fully saturated rings. The van der Waals surface area contributed by atoms with Gasteiger partial charge in [-0.3, -0.25) is 4.79 Å². The van der Waals surface area contributed by atoms with Crippen molar-refractivity contribution in [3.8, 4) is 11.3 Å². The summed E-state index contributed by atoms with van der Waals surface area (Å²) in [5.41, 5.74) is 2.63. The minimum absolute atomic E-state index is 0.217. The summed E-state index contributed by atoms with van der Waals surface area (Å²) in [6, 6.07) is 15.2. The van der Waals surface area contributed by atoms with Gasteiger partial charge in [-0.25, -0.2) is 9.78 Å². The molecule has 0 aliphatic carbocycles. The average Bonchev–Trinajstić information content (AvgIpc) is 3.17. The van der Waals surface area contributed by atoms with Crippen molar-refractivity contribution >= 4 is 39.0 Å². The Kier molecular flexibility index (Phi) is 4.67. The number of aromatic carboxylic acids is 1. The number of hydrogen-bond donors (Lipinski definition) is 2. The quantitative estimate of drug-likeness (QED) is 0.520. The number of fused-ring (bicyclic) bond motifs is 1. The van der Waals surface area contributed by atoms with Crippen LogP contribution in [0.25, 0.3) is 22.2 Å². The zero-order chi connectivity index (χ0) is 19.7. The van der Waals surface area contributed by atoms with Crippen LogP contribution in [-0.2, 0) is 6.54 Å². The van der Waals surface area contributed by atoms with Gasteiger partial charge in [-0.1, -0.05) is 24.3 Å². The summed E-state index contributed by atoms with van der Waals surface area (Å²) in [6.45, 7) is 2.46. The summed E-state index contributed by atoms with van der Waals surface area (Å²) in [5, 5.41) is 15.7. The van der Waals surface area contributed by atoms with E-state index in [9.17, 15) is 14.7 Å². The third kappa shape index (κ3) is 3.27. The molecule has 0 saturated carbocycles. The second-order valence-electron chi connectivity index (χ2n) is 6.22. The van der Waals surface area contributed by atoms with Crippen LogP contribution in [0, 0.1) is 0 Å². The third-order valence-corrected chi connectivity index (χ3v) is 5.24. The normalized spacial score (nSPS) is 10.9. The van der Waals surface area contributed by atoms with E-state index in [2.05, 4.69) is 10.3 Å². The maximum absolute atomic E-state index is 12.5. The van der Waals surface area contributed by atoms with Gasteiger partial charge in [0.25, 0.3) is 0 Å². The molecular formula is C21H17N3O3S. The number of anilines is 2. The fourth-order valence-electron chi connectivity index (χ4n) is 3.07. The number of para-hydroxylation sites is 1. The fourth-order valence-corrected chi connectivity index (χ4v) is 3.81. The maximum atomic E-state index is 12.5. The molecule has 0 saturated heterocycles. The molecular weight excluding hydrogens is 374 g/mol. The summed E-state index contributed by atoms with van der Waals surface area (Å²) >= 11 is 1.50. The number of rotatable bonds is 5. The highest BCUT2D eigenvalue weighted by atomic mass is 32.1. The van der Waals surface area contributed by atoms with E-state index in [-0.39, 0.29) is 5.56 Å². The highest BCUT2D eigenvalue weighted by Crippen LogP contribution is 2.29. The lowest BCUT2D eigenvalue weighted by atomic mass is 10.1. The van der Waals surface area contributed by atoms with Crippen molar-refractivity contribution < 1.29 is 9.90 Å². The van der Waals surface area contributed by atoms with Crippen molar-refractivity contribution in [2.75, 3.05) is 5.32 Å². The van der Waals surface area contributed by atoms with Gasteiger partial charge in [0.15, 0.2) is 5.13 Å². The third-order valence-electron chi connectivity index (χ3n) is 4.48. The number of pyridine rings is 1. The number of carboxylic acid groups (broad SMARTS) is 1. The van der Waals surface area contributed by atoms with Gasteiger partial charge in [-0.15, -0.1) is 11.3 Å². The molecule has 0 unspecified atom stereocenters. The van der Waals surface area contributed by atoms with Crippen LogP contribution in [0.1, 0.15) is 17.3 Å². The van der Waals surface area contributed by atoms with Gasteiger partial charge in [0.2, 0.25) is 5.43 Å². The van der Waals surface area contributed by atoms with E-state index < -0.39 is 11.4 Å². The molecule has 4 rings (SSSR count). The molecule has 0 radical (unpaired) electrons. The largest absolute Gasteiger partial charge is 0.477 e. The number of thiazole rings is 1. The first kappa shape index (κ1) is 17.9. The molecule has 2 N–H and O–H groups in total. The van der Waals surface area contributed by atoms with Crippen LogP contribution in [0.2, 0.25) is 0 Å². The lowest BCUT2D eigenvalue weighted by Crippen LogP contribution is -2.18. The van der Waals surface area contributed by atoms with Gasteiger partial charge in [0.1, 0.15) is 5.56 Å². The Hall–Kier alpha value is -3.45. The van der Waals surface area contributed by atoms with Crippen LogP contribution < -0.4 is 10.7 Å². The monoisotopic (exact) mass is 391 g/mol. The molecule has 0 aliphatic rings. The van der Waals surface area contributed by atoms with Crippen molar-refractivity contribution in [3.05, 3.63) is 75.9 Å². The van der Waals surface area contributed by atoms with E-state index in [4.69, 9.17) is 0 Å². The van der Waals surface area contributed by atoms with Crippen LogP contribution in [-0.4, -0.2) is 20.6 Å². The smallest absolute Gasteiger partial charge is 0.341 e. The van der Waals surface area contributed by atoms with Crippen molar-refractivity contribution in [2.45, 2.75) is 13.5 Å². The molecule has 6 nitrogen and oxygen atoms in total. The maximum Gasteiger partial charge on any atom is 0.341 e. The summed E-state index contributed by atoms with van der Waals surface area (Å²) in [4.78, 5) is 28.5. The number of carbonyl (C=O) groups is 1. The average molecular weight is 391 g/mol. The van der Waals surface area contributed by atoms with Crippen molar-refractivity contribution in [3.63, 3.8) is 0 Å². The van der Waals surface area contributed by atoms with Gasteiger partial charge < -0.3 is 15.0 Å². The summed E-state index contributed by atoms with van der Waals surface area (Å²) in [7, 11) is 0. The standard InChI is InChI=1S/C21H17N3O3S/c1-2-24-11-16(20(26)27)19(25)15-9-8-13(10-18(15)24)17-12-28-21(23-17)22-14-6-4-3-5-7-14/h3-12H,2H2,1H3,(H,22,23)(H,26,27). The van der Waals surface area contributed by atoms with E-state index in [1.807, 2.05) is 48.7 Å². The van der Waals surface area contributed by atoms with Crippen molar-refractivity contribution in [1.82, 2.24) is 9.55 Å². The Morgan fingerprint density at radius 1 is 1.21 bits per heavy atom. The van der Waals surface area contributed by atoms with E-state index in [1.54, 1.807) is 16.7 Å². The van der Waals surface area contributed by atoms with Gasteiger partial charge in [0.05, 0.1) is 11.2 Å². The van der Waals surface area contributed by atoms with Crippen molar-refractivity contribution in [1.29, 1.82) is 0 Å². The van der Waals surface area contributed by atoms with Gasteiger partial charge in [0, 0.05) is 34.8 Å². The van der Waals surface area contributed by atoms with E-state index >= 15 is 0 Å². The number of benzene rings is 2. The molecule has 0 amide bonds. The molecule has 140 valence electrons. The number of aromatic nitrogens is 2. The molecule has 28 heavy (non-hydrogen) atoms. The Morgan fingerprint density at radius 2 is 2.00 bits per heavy atom. The van der Waals surface area contributed by atoms with Crippen LogP contribution >= 0.6 is 11.3 Å². The second-order valence-corrected chi connectivity index (χ2v) is 7.08. The SMILES string of the molecule is CCn1cc(C(=O)O)c(=O)c2ccc(-c3csc(Nc4ccccc4)n3)cc21. The highest BCUT2D eigenvalue weighted by Gasteiger charge is 2.15. The number of nitrogens with one attached hydrogen (secondary N) is 1. The lowest BCUT2D eigenvalue weighted by molar-refractivity contribution is 0.0695. The molecule has 0 bridgehead atoms. The number of hydrogen-bond acceptors (Lipinski definition) is 5. The number of carboxylic acids is 1. The first-order valence-corrected chi connectivity index (χ1v) is 9.63. The zero-order valence-electron chi connectivity index (χ0n) is 15.0. The predicted octanol–water partition coefficient (Wildman–Crippen LogP) is 4.59. The molecule has 0 spiro atoms. The van der Waals surface area contributed by atoms with Gasteiger partial charge in [-0.2, -0.15) is 0 Å². The number of nitrogens with zero attached hydrogens (tertiary/aromatic N) is 2. The molecule has 4 aromatic rings. The van der Waals surface area contributed by atoms with E-state index in [0.717, 1.165) is 22.1 Å². The van der Waals surface area contributed by atoms with E-state index in [0.29, 0.717) is 17.4 Å². The molecule has 2 aromatic carbocycles. The molecule has 0 atom stereocenters. The lowest BCUT2D eigenvalue weighted by Gasteiger charge is -2.11. The fraction of sp³-hybridized carbons (Fsp3) is 0.0952. The van der Waals surface area contributed by atoms with Crippen LogP contribution in [0.5, 0.6) is 0 Å². The number of aryl methyl sites for hydroxylation is 1. The Morgan fingerprint density at radius 3 is 2.71 bits per heavy atom. The zero-order valence-corrected chi connectivity index (χ0v) is 15.9. The van der Waals surface area contributed by atoms with Crippen molar-refractivity contribution in [2.24, 2.45) is 0 Å². The van der Waals surface area contributed by atoms with Crippen LogP contribution in [0.3, 0.4) is 0 Å². The Bertz CT molecular complexity index is 1230. The molecule has 0 aliphatic heterocycles. The highest BCUT2D eigenvalue weighted by molar-refractivity contribution is 7.14. The first-order chi connectivity index (χ1) is 13.6. The minimum atomic E-state index is -1.21. The minimum Gasteiger partial charge on any atom is -0.477 e. The topological polar surface area (TPSA) is 84.2 Å². The molecule has 2 heterocycles. The van der Waals surface area contributed by atoms with Crippen LogP contribution in [0.4, 0.5) is 10.8 Å². The van der Waals surface area contributed by atoms with E-state index in [1.165, 1.54) is 17.5 Å². The molecule has 2 aromatic heterocycles. The summed E-state index contributed by atoms with van der Waals surface area (Å²) in [6.07, 6.45) is 1.40.